The van der Waals surface area contributed by atoms with Gasteiger partial charge in [0.25, 0.3) is 0 Å². The van der Waals surface area contributed by atoms with Crippen molar-refractivity contribution in [2.45, 2.75) is 311 Å². The first kappa shape index (κ1) is 88.6. The number of hydrogen-bond acceptors (Lipinski definition) is 18. The number of aliphatic hydroxyl groups is 11. The van der Waals surface area contributed by atoms with Gasteiger partial charge in [0.05, 0.1) is 38.6 Å². The Morgan fingerprint density at radius 1 is 0.374 bits per heavy atom. The van der Waals surface area contributed by atoms with Crippen LogP contribution in [-0.4, -0.2) is 193 Å². The maximum Gasteiger partial charge on any atom is 0.220 e. The molecule has 17 atom stereocenters. The summed E-state index contributed by atoms with van der Waals surface area (Å²) in [7, 11) is 0. The Balaban J connectivity index is 1.35. The van der Waals surface area contributed by atoms with E-state index in [1.165, 1.54) is 51.4 Å². The van der Waals surface area contributed by atoms with Gasteiger partial charge < -0.3 is 89.9 Å². The summed E-state index contributed by atoms with van der Waals surface area (Å²) in [6.45, 7) is 1.56. The molecule has 17 unspecified atom stereocenters. The minimum absolute atomic E-state index is 0.203. The number of hydrogen-bond donors (Lipinski definition) is 12. The lowest BCUT2D eigenvalue weighted by Gasteiger charge is -2.48. The van der Waals surface area contributed by atoms with Crippen molar-refractivity contribution in [2.75, 3.05) is 26.4 Å². The third-order valence-electron chi connectivity index (χ3n) is 17.3. The predicted octanol–water partition coefficient (Wildman–Crippen LogP) is 11.3. The molecule has 3 saturated heterocycles. The molecule has 0 aromatic heterocycles. The normalized spacial score (nSPS) is 27.5. The van der Waals surface area contributed by atoms with Gasteiger partial charge in [0.2, 0.25) is 5.91 Å². The standard InChI is InChI=1S/C80H129NO18/c1-3-5-7-9-11-13-15-17-18-19-20-21-22-23-24-25-26-27-28-29-30-31-32-33-34-35-36-37-38-39-40-41-42-43-44-46-48-50-52-54-56-58-68(86)81-63(64(85)57-55-53-51-49-47-45-16-14-12-10-8-6-4-2)62-94-78-74(92)71(89)76(66(60-83)96-78)99-80-75(93)72(90)77(67(61-84)97-80)98-79-73(91)70(88)69(87)65(59-82)95-79/h5,7,11,13,17-18,20-21,23-24,26-27,29-30,32-33,35-36,38-39,41-42,44,46,55,57,63-67,69-80,82-85,87-93H,3-4,6,8-10,12,14-16,19,22,25,28,31,34,37,40,43,45,47-54,56,58-62H2,1-2H3,(H,81,86)/b7-5-,13-11-,18-17-,21-20-,24-23-,27-26-,30-29-,33-32-,36-35-,39-38-,42-41-,46-44-,57-55+. The van der Waals surface area contributed by atoms with Crippen molar-refractivity contribution in [1.82, 2.24) is 5.32 Å². The van der Waals surface area contributed by atoms with Crippen molar-refractivity contribution in [2.24, 2.45) is 0 Å². The first-order chi connectivity index (χ1) is 48.3. The topological polar surface area (TPSA) is 307 Å². The van der Waals surface area contributed by atoms with Gasteiger partial charge in [-0.15, -0.1) is 0 Å². The third kappa shape index (κ3) is 39.6. The second kappa shape index (κ2) is 58.9. The molecule has 0 radical (unpaired) electrons. The summed E-state index contributed by atoms with van der Waals surface area (Å²) in [5.74, 6) is -0.308. The van der Waals surface area contributed by atoms with Crippen LogP contribution in [0.3, 0.4) is 0 Å². The highest BCUT2D eigenvalue weighted by atomic mass is 16.8. The van der Waals surface area contributed by atoms with Gasteiger partial charge in [0.1, 0.15) is 73.2 Å². The largest absolute Gasteiger partial charge is 0.394 e. The molecule has 19 heteroatoms. The highest BCUT2D eigenvalue weighted by Crippen LogP contribution is 2.33. The SMILES string of the molecule is CC/C=C\C/C=C\C/C=C\C/C=C\C/C=C\C/C=C\C/C=C\C/C=C\C/C=C\C/C=C\C/C=C\C/C=C\CCCCCCC(=O)NC(COC1OC(CO)C(OC2OC(CO)C(OC3OC(CO)C(O)C(O)C3O)C(O)C2O)C(O)C1O)C(O)/C=C/CCCCCCCCCCCCC. The maximum atomic E-state index is 13.4. The quantitative estimate of drug-likeness (QED) is 0.0199. The summed E-state index contributed by atoms with van der Waals surface area (Å²) in [6, 6.07) is -0.998. The molecule has 3 aliphatic rings. The second-order valence-corrected chi connectivity index (χ2v) is 25.7. The van der Waals surface area contributed by atoms with Gasteiger partial charge in [-0.3, -0.25) is 4.79 Å². The number of ether oxygens (including phenoxy) is 6. The molecule has 0 aromatic rings. The zero-order valence-electron chi connectivity index (χ0n) is 59.6. The number of allylic oxidation sites excluding steroid dienone is 25. The molecule has 3 rings (SSSR count). The van der Waals surface area contributed by atoms with Gasteiger partial charge in [0, 0.05) is 6.42 Å². The van der Waals surface area contributed by atoms with Crippen LogP contribution in [0.2, 0.25) is 0 Å². The van der Waals surface area contributed by atoms with E-state index < -0.39 is 124 Å². The maximum absolute atomic E-state index is 13.4. The van der Waals surface area contributed by atoms with E-state index >= 15 is 0 Å². The lowest BCUT2D eigenvalue weighted by molar-refractivity contribution is -0.379. The monoisotopic (exact) mass is 1390 g/mol. The van der Waals surface area contributed by atoms with E-state index in [1.54, 1.807) is 6.08 Å². The van der Waals surface area contributed by atoms with E-state index in [-0.39, 0.29) is 18.9 Å². The Morgan fingerprint density at radius 3 is 1.09 bits per heavy atom. The van der Waals surface area contributed by atoms with Crippen LogP contribution >= 0.6 is 0 Å². The average Bonchev–Trinajstić information content (AvgIpc) is 0.785. The van der Waals surface area contributed by atoms with E-state index in [9.17, 15) is 61.0 Å². The van der Waals surface area contributed by atoms with Crippen LogP contribution < -0.4 is 5.32 Å². The van der Waals surface area contributed by atoms with E-state index in [1.807, 2.05) is 6.08 Å². The number of carbonyl (C=O) groups excluding carboxylic acids is 1. The fourth-order valence-electron chi connectivity index (χ4n) is 11.3. The molecule has 0 saturated carbocycles. The van der Waals surface area contributed by atoms with E-state index in [2.05, 4.69) is 165 Å². The highest BCUT2D eigenvalue weighted by molar-refractivity contribution is 5.76. The van der Waals surface area contributed by atoms with Crippen LogP contribution in [0.4, 0.5) is 0 Å². The Morgan fingerprint density at radius 2 is 0.697 bits per heavy atom. The minimum Gasteiger partial charge on any atom is -0.394 e. The van der Waals surface area contributed by atoms with Crippen LogP contribution in [0.5, 0.6) is 0 Å². The molecular weight excluding hydrogens is 1260 g/mol. The first-order valence-electron chi connectivity index (χ1n) is 37.2. The summed E-state index contributed by atoms with van der Waals surface area (Å²) < 4.78 is 34.3. The number of nitrogens with one attached hydrogen (secondary N) is 1. The summed E-state index contributed by atoms with van der Waals surface area (Å²) in [6.07, 6.45) is 59.5. The molecule has 0 aliphatic carbocycles. The number of rotatable bonds is 55. The lowest BCUT2D eigenvalue weighted by Crippen LogP contribution is -2.66. The Bertz CT molecular complexity index is 2410. The Hall–Kier alpha value is -4.59. The molecule has 12 N–H and O–H groups in total. The van der Waals surface area contributed by atoms with E-state index in [0.717, 1.165) is 128 Å². The van der Waals surface area contributed by atoms with Gasteiger partial charge in [0.15, 0.2) is 18.9 Å². The zero-order chi connectivity index (χ0) is 71.8. The molecule has 99 heavy (non-hydrogen) atoms. The van der Waals surface area contributed by atoms with Crippen molar-refractivity contribution in [1.29, 1.82) is 0 Å². The number of aliphatic hydroxyl groups excluding tert-OH is 11. The lowest BCUT2D eigenvalue weighted by atomic mass is 9.96. The Kier molecular flexibility index (Phi) is 52.7. The predicted molar refractivity (Wildman–Crippen MR) is 392 cm³/mol. The molecule has 3 aliphatic heterocycles. The van der Waals surface area contributed by atoms with Crippen LogP contribution in [0.15, 0.2) is 158 Å². The van der Waals surface area contributed by atoms with E-state index in [4.69, 9.17) is 28.4 Å². The first-order valence-corrected chi connectivity index (χ1v) is 37.2. The van der Waals surface area contributed by atoms with Crippen molar-refractivity contribution in [3.05, 3.63) is 158 Å². The molecule has 562 valence electrons. The summed E-state index contributed by atoms with van der Waals surface area (Å²) in [4.78, 5) is 13.4. The highest BCUT2D eigenvalue weighted by Gasteiger charge is 2.53. The molecule has 19 nitrogen and oxygen atoms in total. The molecule has 0 bridgehead atoms. The van der Waals surface area contributed by atoms with Gasteiger partial charge >= 0.3 is 0 Å². The number of carbonyl (C=O) groups is 1. The molecule has 1 amide bonds. The molecule has 0 spiro atoms. The fourth-order valence-corrected chi connectivity index (χ4v) is 11.3. The fraction of sp³-hybridized carbons (Fsp3) is 0.662. The van der Waals surface area contributed by atoms with Crippen LogP contribution in [-0.2, 0) is 33.2 Å². The van der Waals surface area contributed by atoms with Crippen molar-refractivity contribution >= 4 is 5.91 Å². The van der Waals surface area contributed by atoms with Gasteiger partial charge in [-0.1, -0.05) is 249 Å². The molecule has 3 fully saturated rings. The van der Waals surface area contributed by atoms with Crippen molar-refractivity contribution in [3.63, 3.8) is 0 Å². The molecular formula is C80H129NO18. The summed E-state index contributed by atoms with van der Waals surface area (Å²) >= 11 is 0. The van der Waals surface area contributed by atoms with Crippen molar-refractivity contribution in [3.8, 4) is 0 Å². The number of unbranched alkanes of at least 4 members (excludes halogenated alkanes) is 15. The van der Waals surface area contributed by atoms with Crippen LogP contribution in [0.25, 0.3) is 0 Å². The van der Waals surface area contributed by atoms with Crippen LogP contribution in [0.1, 0.15) is 206 Å². The number of amides is 1. The average molecular weight is 1390 g/mol. The van der Waals surface area contributed by atoms with Crippen LogP contribution in [0, 0.1) is 0 Å². The van der Waals surface area contributed by atoms with Crippen molar-refractivity contribution < 1.29 is 89.4 Å². The minimum atomic E-state index is -1.99. The van der Waals surface area contributed by atoms with Gasteiger partial charge in [-0.05, 0) is 109 Å². The smallest absolute Gasteiger partial charge is 0.220 e. The Labute approximate surface area is 593 Å². The van der Waals surface area contributed by atoms with Gasteiger partial charge in [-0.25, -0.2) is 0 Å². The zero-order valence-corrected chi connectivity index (χ0v) is 59.6. The van der Waals surface area contributed by atoms with E-state index in [0.29, 0.717) is 6.42 Å². The van der Waals surface area contributed by atoms with Gasteiger partial charge in [-0.2, -0.15) is 0 Å². The molecule has 3 heterocycles. The summed E-state index contributed by atoms with van der Waals surface area (Å²) in [5.41, 5.74) is 0. The third-order valence-corrected chi connectivity index (χ3v) is 17.3. The molecule has 0 aromatic carbocycles. The summed E-state index contributed by atoms with van der Waals surface area (Å²) in [5, 5.41) is 120. The second-order valence-electron chi connectivity index (χ2n) is 25.7.